The average molecular weight is 357 g/mol. The number of hydrogen-bond donors (Lipinski definition) is 0. The fourth-order valence-corrected chi connectivity index (χ4v) is 4.26. The summed E-state index contributed by atoms with van der Waals surface area (Å²) < 4.78 is 17.4. The molecular formula is C20H27N3O3. The van der Waals surface area contributed by atoms with Gasteiger partial charge in [-0.05, 0) is 56.8 Å². The maximum absolute atomic E-state index is 5.92. The van der Waals surface area contributed by atoms with E-state index in [1.54, 1.807) is 18.6 Å². The molecule has 4 rings (SSSR count). The molecule has 0 radical (unpaired) electrons. The summed E-state index contributed by atoms with van der Waals surface area (Å²) in [5.74, 6) is 3.05. The third-order valence-electron chi connectivity index (χ3n) is 5.93. The van der Waals surface area contributed by atoms with E-state index >= 15 is 0 Å². The predicted molar refractivity (Wildman–Crippen MR) is 96.8 cm³/mol. The van der Waals surface area contributed by atoms with Crippen molar-refractivity contribution in [2.75, 3.05) is 32.9 Å². The minimum atomic E-state index is 0.316. The monoisotopic (exact) mass is 357 g/mol. The second-order valence-corrected chi connectivity index (χ2v) is 7.53. The van der Waals surface area contributed by atoms with Crippen molar-refractivity contribution in [1.82, 2.24) is 14.9 Å². The molecule has 140 valence electrons. The molecule has 0 unspecified atom stereocenters. The van der Waals surface area contributed by atoms with Crippen molar-refractivity contribution in [2.24, 2.45) is 11.3 Å². The molecule has 1 atom stereocenters. The normalized spacial score (nSPS) is 23.2. The maximum Gasteiger partial charge on any atom is 0.232 e. The summed E-state index contributed by atoms with van der Waals surface area (Å²) in [5.41, 5.74) is 0.316. The Kier molecular flexibility index (Phi) is 5.22. The van der Waals surface area contributed by atoms with Crippen LogP contribution in [0.25, 0.3) is 0 Å². The molecule has 0 N–H and O–H groups in total. The van der Waals surface area contributed by atoms with E-state index in [1.165, 1.54) is 12.8 Å². The highest BCUT2D eigenvalue weighted by Crippen LogP contribution is 2.45. The lowest BCUT2D eigenvalue weighted by atomic mass is 9.66. The molecule has 1 spiro atoms. The van der Waals surface area contributed by atoms with Crippen molar-refractivity contribution in [3.05, 3.63) is 42.2 Å². The molecule has 2 saturated heterocycles. The minimum absolute atomic E-state index is 0.316. The first-order valence-electron chi connectivity index (χ1n) is 9.48. The van der Waals surface area contributed by atoms with E-state index in [-0.39, 0.29) is 0 Å². The Morgan fingerprint density at radius 2 is 2.12 bits per heavy atom. The summed E-state index contributed by atoms with van der Waals surface area (Å²) in [7, 11) is 0. The molecule has 0 saturated carbocycles. The number of nitrogens with zero attached hydrogens (tertiary/aromatic N) is 3. The Morgan fingerprint density at radius 3 is 2.85 bits per heavy atom. The van der Waals surface area contributed by atoms with E-state index in [0.717, 1.165) is 50.8 Å². The quantitative estimate of drug-likeness (QED) is 0.820. The molecule has 0 bridgehead atoms. The third-order valence-corrected chi connectivity index (χ3v) is 5.93. The van der Waals surface area contributed by atoms with Gasteiger partial charge in [0.05, 0.1) is 26.0 Å². The SMILES string of the molecule is Cc1ccc(CN2CCC3(CCOC[C@H]3COc3cnccn3)CC2)o1. The molecule has 6 heteroatoms. The topological polar surface area (TPSA) is 60.6 Å². The summed E-state index contributed by atoms with van der Waals surface area (Å²) in [6.07, 6.45) is 8.49. The van der Waals surface area contributed by atoms with Gasteiger partial charge in [0.15, 0.2) is 0 Å². The second kappa shape index (κ2) is 7.76. The number of hydrogen-bond acceptors (Lipinski definition) is 6. The third kappa shape index (κ3) is 3.91. The lowest BCUT2D eigenvalue weighted by Crippen LogP contribution is -2.49. The molecule has 2 aliphatic heterocycles. The number of piperidine rings is 1. The fraction of sp³-hybridized carbons (Fsp3) is 0.600. The zero-order valence-electron chi connectivity index (χ0n) is 15.4. The summed E-state index contributed by atoms with van der Waals surface area (Å²) >= 11 is 0. The highest BCUT2D eigenvalue weighted by molar-refractivity contribution is 5.06. The number of aryl methyl sites for hydroxylation is 1. The highest BCUT2D eigenvalue weighted by atomic mass is 16.5. The summed E-state index contributed by atoms with van der Waals surface area (Å²) in [4.78, 5) is 10.8. The van der Waals surface area contributed by atoms with Crippen molar-refractivity contribution >= 4 is 0 Å². The van der Waals surface area contributed by atoms with Gasteiger partial charge < -0.3 is 13.9 Å². The molecule has 2 fully saturated rings. The van der Waals surface area contributed by atoms with Crippen molar-refractivity contribution in [3.63, 3.8) is 0 Å². The van der Waals surface area contributed by atoms with Gasteiger partial charge in [-0.1, -0.05) is 0 Å². The van der Waals surface area contributed by atoms with Crippen LogP contribution < -0.4 is 4.74 Å². The van der Waals surface area contributed by atoms with E-state index in [1.807, 2.05) is 13.0 Å². The van der Waals surface area contributed by atoms with Crippen LogP contribution in [0.5, 0.6) is 5.88 Å². The average Bonchev–Trinajstić information content (AvgIpc) is 3.09. The molecule has 0 aromatic carbocycles. The number of ether oxygens (including phenoxy) is 2. The Morgan fingerprint density at radius 1 is 1.23 bits per heavy atom. The maximum atomic E-state index is 5.92. The van der Waals surface area contributed by atoms with Gasteiger partial charge in [-0.15, -0.1) is 0 Å². The van der Waals surface area contributed by atoms with Crippen LogP contribution in [0.3, 0.4) is 0 Å². The first-order chi connectivity index (χ1) is 12.7. The van der Waals surface area contributed by atoms with E-state index < -0.39 is 0 Å². The van der Waals surface area contributed by atoms with Crippen LogP contribution in [0.15, 0.2) is 35.1 Å². The number of likely N-dealkylation sites (tertiary alicyclic amines) is 1. The Bertz CT molecular complexity index is 695. The summed E-state index contributed by atoms with van der Waals surface area (Å²) in [5, 5.41) is 0. The molecule has 0 aliphatic carbocycles. The van der Waals surface area contributed by atoms with Crippen molar-refractivity contribution in [1.29, 1.82) is 0 Å². The number of rotatable bonds is 5. The van der Waals surface area contributed by atoms with Gasteiger partial charge in [-0.2, -0.15) is 0 Å². The van der Waals surface area contributed by atoms with E-state index in [4.69, 9.17) is 13.9 Å². The zero-order valence-corrected chi connectivity index (χ0v) is 15.4. The molecule has 2 aromatic rings. The minimum Gasteiger partial charge on any atom is -0.476 e. The molecular weight excluding hydrogens is 330 g/mol. The lowest BCUT2D eigenvalue weighted by Gasteiger charge is -2.48. The van der Waals surface area contributed by atoms with Gasteiger partial charge >= 0.3 is 0 Å². The van der Waals surface area contributed by atoms with Crippen molar-refractivity contribution in [2.45, 2.75) is 32.7 Å². The Labute approximate surface area is 154 Å². The standard InChI is InChI=1S/C20H27N3O3/c1-16-2-3-18(26-16)13-23-9-4-20(5-10-23)6-11-24-14-17(20)15-25-19-12-21-7-8-22-19/h2-3,7-8,12,17H,4-6,9-11,13-15H2,1H3/t17-/m0/s1. The lowest BCUT2D eigenvalue weighted by molar-refractivity contribution is -0.0872. The zero-order chi connectivity index (χ0) is 17.8. The highest BCUT2D eigenvalue weighted by Gasteiger charge is 2.43. The van der Waals surface area contributed by atoms with Crippen LogP contribution in [0.1, 0.15) is 30.8 Å². The molecule has 4 heterocycles. The Hall–Kier alpha value is -1.92. The summed E-state index contributed by atoms with van der Waals surface area (Å²) in [6.45, 7) is 7.38. The van der Waals surface area contributed by atoms with E-state index in [2.05, 4.69) is 20.9 Å². The Balaban J connectivity index is 1.35. The predicted octanol–water partition coefficient (Wildman–Crippen LogP) is 3.08. The van der Waals surface area contributed by atoms with E-state index in [9.17, 15) is 0 Å². The van der Waals surface area contributed by atoms with Crippen LogP contribution in [-0.2, 0) is 11.3 Å². The first kappa shape index (κ1) is 17.5. The van der Waals surface area contributed by atoms with Gasteiger partial charge in [0, 0.05) is 24.9 Å². The van der Waals surface area contributed by atoms with Gasteiger partial charge in [-0.25, -0.2) is 4.98 Å². The first-order valence-corrected chi connectivity index (χ1v) is 9.48. The molecule has 2 aromatic heterocycles. The van der Waals surface area contributed by atoms with Gasteiger partial charge in [-0.3, -0.25) is 9.88 Å². The number of aromatic nitrogens is 2. The van der Waals surface area contributed by atoms with Crippen molar-refractivity contribution in [3.8, 4) is 5.88 Å². The molecule has 6 nitrogen and oxygen atoms in total. The number of furan rings is 1. The van der Waals surface area contributed by atoms with Crippen LogP contribution in [0, 0.1) is 18.3 Å². The van der Waals surface area contributed by atoms with Crippen LogP contribution >= 0.6 is 0 Å². The fourth-order valence-electron chi connectivity index (χ4n) is 4.26. The van der Waals surface area contributed by atoms with E-state index in [0.29, 0.717) is 23.8 Å². The largest absolute Gasteiger partial charge is 0.476 e. The van der Waals surface area contributed by atoms with Gasteiger partial charge in [0.25, 0.3) is 0 Å². The summed E-state index contributed by atoms with van der Waals surface area (Å²) in [6, 6.07) is 4.13. The van der Waals surface area contributed by atoms with Crippen LogP contribution in [0.4, 0.5) is 0 Å². The molecule has 2 aliphatic rings. The molecule has 26 heavy (non-hydrogen) atoms. The van der Waals surface area contributed by atoms with Crippen molar-refractivity contribution < 1.29 is 13.9 Å². The van der Waals surface area contributed by atoms with Crippen LogP contribution in [0.2, 0.25) is 0 Å². The smallest absolute Gasteiger partial charge is 0.232 e. The second-order valence-electron chi connectivity index (χ2n) is 7.53. The van der Waals surface area contributed by atoms with Gasteiger partial charge in [0.2, 0.25) is 5.88 Å². The molecule has 0 amide bonds. The van der Waals surface area contributed by atoms with Crippen LogP contribution in [-0.4, -0.2) is 47.8 Å². The van der Waals surface area contributed by atoms with Gasteiger partial charge in [0.1, 0.15) is 11.5 Å².